The molecular weight excluding hydrogens is 589 g/mol. The van der Waals surface area contributed by atoms with E-state index in [1.54, 1.807) is 18.5 Å². The molecule has 0 saturated heterocycles. The van der Waals surface area contributed by atoms with Gasteiger partial charge in [-0.15, -0.1) is 0 Å². The Hall–Kier alpha value is -3.62. The van der Waals surface area contributed by atoms with Crippen molar-refractivity contribution in [3.63, 3.8) is 0 Å². The van der Waals surface area contributed by atoms with E-state index in [9.17, 15) is 9.90 Å². The Morgan fingerprint density at radius 2 is 1.81 bits per heavy atom. The summed E-state index contributed by atoms with van der Waals surface area (Å²) in [5.41, 5.74) is 3.11. The molecule has 4 aliphatic carbocycles. The predicted molar refractivity (Wildman–Crippen MR) is 164 cm³/mol. The zero-order chi connectivity index (χ0) is 29.8. The smallest absolute Gasteiger partial charge is 0.354 e. The van der Waals surface area contributed by atoms with Crippen molar-refractivity contribution in [1.29, 1.82) is 0 Å². The summed E-state index contributed by atoms with van der Waals surface area (Å²) in [4.78, 5) is 19.8. The molecule has 1 N–H and O–H groups in total. The summed E-state index contributed by atoms with van der Waals surface area (Å²) in [5, 5.41) is 15.4. The van der Waals surface area contributed by atoms with Crippen LogP contribution >= 0.6 is 23.2 Å². The first kappa shape index (κ1) is 28.2. The maximum Gasteiger partial charge on any atom is 0.354 e. The molecule has 8 nitrogen and oxygen atoms in total. The number of aromatic nitrogens is 3. The fourth-order valence-corrected chi connectivity index (χ4v) is 7.27. The molecule has 4 aliphatic rings. The number of hydrogen-bond acceptors (Lipinski definition) is 7. The minimum Gasteiger partial charge on any atom is -0.496 e. The summed E-state index contributed by atoms with van der Waals surface area (Å²) in [6.07, 6.45) is 16.5. The van der Waals surface area contributed by atoms with Crippen molar-refractivity contribution < 1.29 is 23.9 Å². The number of nitrogens with zero attached hydrogens (tertiary/aromatic N) is 3. The summed E-state index contributed by atoms with van der Waals surface area (Å²) in [5.74, 6) is 1.42. The third-order valence-corrected chi connectivity index (χ3v) is 10.2. The molecule has 4 aromatic rings. The molecule has 3 heterocycles. The van der Waals surface area contributed by atoms with Gasteiger partial charge in [-0.25, -0.2) is 9.78 Å². The summed E-state index contributed by atoms with van der Waals surface area (Å²) in [6.45, 7) is 0.641. The summed E-state index contributed by atoms with van der Waals surface area (Å²) < 4.78 is 17.7. The average molecular weight is 621 g/mol. The number of benzene rings is 1. The van der Waals surface area contributed by atoms with Gasteiger partial charge in [-0.2, -0.15) is 0 Å². The van der Waals surface area contributed by atoms with Crippen LogP contribution in [0.4, 0.5) is 0 Å². The lowest BCUT2D eigenvalue weighted by Crippen LogP contribution is -2.43. The van der Waals surface area contributed by atoms with Gasteiger partial charge in [-0.3, -0.25) is 4.98 Å². The van der Waals surface area contributed by atoms with E-state index in [2.05, 4.69) is 27.3 Å². The van der Waals surface area contributed by atoms with E-state index >= 15 is 0 Å². The van der Waals surface area contributed by atoms with Crippen molar-refractivity contribution in [2.75, 3.05) is 13.7 Å². The van der Waals surface area contributed by atoms with Gasteiger partial charge >= 0.3 is 5.97 Å². The maximum atomic E-state index is 11.4. The van der Waals surface area contributed by atoms with Crippen LogP contribution in [0.2, 0.25) is 10.0 Å². The highest BCUT2D eigenvalue weighted by atomic mass is 35.5. The van der Waals surface area contributed by atoms with E-state index in [0.717, 1.165) is 73.8 Å². The second-order valence-corrected chi connectivity index (χ2v) is 13.1. The second-order valence-electron chi connectivity index (χ2n) is 12.2. The molecule has 0 amide bonds. The van der Waals surface area contributed by atoms with Gasteiger partial charge in [-0.1, -0.05) is 40.5 Å². The molecule has 222 valence electrons. The van der Waals surface area contributed by atoms with Gasteiger partial charge in [-0.05, 0) is 75.0 Å². The van der Waals surface area contributed by atoms with Crippen LogP contribution in [-0.4, -0.2) is 39.9 Å². The number of ether oxygens (including phenoxy) is 2. The number of carboxylic acids is 1. The quantitative estimate of drug-likeness (QED) is 0.198. The average Bonchev–Trinajstić information content (AvgIpc) is 3.79. The standard InChI is InChI=1S/C33H31Cl2N3O5/c1-41-27-15-26(31(39)40)37-25-5-4-20(14-22(25)27)42-18-33-11-8-32(9-12-33,10-13-33)7-6-21-29(38-43-30(21)19-2-3-19)28-23(34)16-36-17-24(28)35/h4-7,14-17,19H,2-3,8-13,18H2,1H3,(H,39,40)/b7-6+. The number of pyridine rings is 2. The molecule has 0 unspecified atom stereocenters. The van der Waals surface area contributed by atoms with Crippen LogP contribution in [0.1, 0.15) is 79.1 Å². The number of hydrogen-bond donors (Lipinski definition) is 1. The van der Waals surface area contributed by atoms with E-state index in [4.69, 9.17) is 37.2 Å². The van der Waals surface area contributed by atoms with Crippen LogP contribution in [0.25, 0.3) is 28.2 Å². The molecule has 3 aromatic heterocycles. The van der Waals surface area contributed by atoms with Crippen LogP contribution in [0.3, 0.4) is 0 Å². The normalized spacial score (nSPS) is 23.2. The van der Waals surface area contributed by atoms with Crippen LogP contribution < -0.4 is 9.47 Å². The zero-order valence-electron chi connectivity index (χ0n) is 23.7. The maximum absolute atomic E-state index is 11.4. The molecule has 4 saturated carbocycles. The molecule has 0 aliphatic heterocycles. The van der Waals surface area contributed by atoms with Crippen LogP contribution in [-0.2, 0) is 0 Å². The number of allylic oxidation sites excluding steroid dienone is 1. The summed E-state index contributed by atoms with van der Waals surface area (Å²) in [6, 6.07) is 6.97. The Morgan fingerprint density at radius 3 is 2.47 bits per heavy atom. The summed E-state index contributed by atoms with van der Waals surface area (Å²) >= 11 is 13.0. The molecule has 10 heteroatoms. The third-order valence-electron chi connectivity index (χ3n) is 9.58. The van der Waals surface area contributed by atoms with Gasteiger partial charge in [0.2, 0.25) is 0 Å². The fraction of sp³-hybridized carbons (Fsp3) is 0.394. The molecule has 0 radical (unpaired) electrons. The van der Waals surface area contributed by atoms with E-state index < -0.39 is 5.97 Å². The number of methoxy groups -OCH3 is 1. The SMILES string of the molecule is COc1cc(C(=O)O)nc2ccc(OCC34CCC(/C=C/c5c(-c6c(Cl)cncc6Cl)noc5C5CC5)(CC3)CC4)cc12. The topological polar surface area (TPSA) is 108 Å². The van der Waals surface area contributed by atoms with Gasteiger partial charge in [0.1, 0.15) is 23.0 Å². The Morgan fingerprint density at radius 1 is 1.09 bits per heavy atom. The van der Waals surface area contributed by atoms with Gasteiger partial charge in [0.15, 0.2) is 5.69 Å². The van der Waals surface area contributed by atoms with Crippen LogP contribution in [0.15, 0.2) is 47.3 Å². The first-order valence-electron chi connectivity index (χ1n) is 14.6. The lowest BCUT2D eigenvalue weighted by molar-refractivity contribution is -0.0122. The minimum atomic E-state index is -1.09. The first-order valence-corrected chi connectivity index (χ1v) is 15.4. The third kappa shape index (κ3) is 5.25. The molecule has 0 spiro atoms. The first-order chi connectivity index (χ1) is 20.8. The minimum absolute atomic E-state index is 0.0483. The molecule has 43 heavy (non-hydrogen) atoms. The Bertz CT molecular complexity index is 1720. The number of carboxylic acid groups (broad SMARTS) is 1. The van der Waals surface area contributed by atoms with Crippen LogP contribution in [0, 0.1) is 10.8 Å². The van der Waals surface area contributed by atoms with Crippen molar-refractivity contribution in [3.05, 3.63) is 69.8 Å². The van der Waals surface area contributed by atoms with Gasteiger partial charge in [0.25, 0.3) is 0 Å². The highest BCUT2D eigenvalue weighted by Crippen LogP contribution is 2.58. The number of rotatable bonds is 9. The van der Waals surface area contributed by atoms with Crippen molar-refractivity contribution >= 4 is 46.2 Å². The fourth-order valence-electron chi connectivity index (χ4n) is 6.73. The Kier molecular flexibility index (Phi) is 7.09. The Balaban J connectivity index is 1.07. The lowest BCUT2D eigenvalue weighted by atomic mass is 9.54. The van der Waals surface area contributed by atoms with Gasteiger partial charge < -0.3 is 19.1 Å². The number of aromatic carboxylic acids is 1. The number of carbonyl (C=O) groups is 1. The monoisotopic (exact) mass is 619 g/mol. The van der Waals surface area contributed by atoms with Crippen LogP contribution in [0.5, 0.6) is 11.5 Å². The summed E-state index contributed by atoms with van der Waals surface area (Å²) in [7, 11) is 1.53. The van der Waals surface area contributed by atoms with Gasteiger partial charge in [0, 0.05) is 46.3 Å². The van der Waals surface area contributed by atoms with E-state index in [0.29, 0.717) is 45.1 Å². The highest BCUT2D eigenvalue weighted by molar-refractivity contribution is 6.39. The molecule has 2 bridgehead atoms. The van der Waals surface area contributed by atoms with Gasteiger partial charge in [0.05, 0.1) is 29.3 Å². The van der Waals surface area contributed by atoms with E-state index in [1.807, 2.05) is 12.1 Å². The number of fused-ring (bicyclic) bond motifs is 4. The molecule has 8 rings (SSSR count). The highest BCUT2D eigenvalue weighted by Gasteiger charge is 2.48. The van der Waals surface area contributed by atoms with E-state index in [1.165, 1.54) is 13.2 Å². The van der Waals surface area contributed by atoms with E-state index in [-0.39, 0.29) is 16.5 Å². The predicted octanol–water partition coefficient (Wildman–Crippen LogP) is 8.61. The van der Waals surface area contributed by atoms with Crippen molar-refractivity contribution in [2.24, 2.45) is 10.8 Å². The zero-order valence-corrected chi connectivity index (χ0v) is 25.2. The van der Waals surface area contributed by atoms with Crippen molar-refractivity contribution in [3.8, 4) is 22.8 Å². The second kappa shape index (κ2) is 10.8. The molecule has 4 fully saturated rings. The molecule has 0 atom stereocenters. The largest absolute Gasteiger partial charge is 0.496 e. The lowest BCUT2D eigenvalue weighted by Gasteiger charge is -2.52. The van der Waals surface area contributed by atoms with Crippen molar-refractivity contribution in [1.82, 2.24) is 15.1 Å². The van der Waals surface area contributed by atoms with Crippen molar-refractivity contribution in [2.45, 2.75) is 57.3 Å². The Labute approximate surface area is 259 Å². The molecule has 1 aromatic carbocycles. The number of halogens is 2. The molecular formula is C33H31Cl2N3O5.